The summed E-state index contributed by atoms with van der Waals surface area (Å²) in [6, 6.07) is 87.3. The van der Waals surface area contributed by atoms with Gasteiger partial charge in [0.25, 0.3) is 0 Å². The van der Waals surface area contributed by atoms with E-state index >= 15 is 0 Å². The smallest absolute Gasteiger partial charge is 0.0134 e. The van der Waals surface area contributed by atoms with Crippen LogP contribution in [0.5, 0.6) is 11.5 Å². The number of nitrogens with one attached hydrogen (secondary N) is 2. The van der Waals surface area contributed by atoms with Crippen molar-refractivity contribution in [3.05, 3.63) is 313 Å². The Bertz CT molecular complexity index is 4720. The van der Waals surface area contributed by atoms with Crippen LogP contribution < -0.4 is 50.7 Å². The number of ether oxygens (including phenoxy) is 2. The van der Waals surface area contributed by atoms with Crippen LogP contribution in [0.4, 0.5) is 38.0 Å². The molecule has 8 aromatic carbocycles. The van der Waals surface area contributed by atoms with Gasteiger partial charge in [0.1, 0.15) is 11.5 Å². The molecular formula is C76H63Cl3F6N8O8P2PdS2. The van der Waals surface area contributed by atoms with Gasteiger partial charge in [0.2, 0.25) is 0 Å². The van der Waals surface area contributed by atoms with Gasteiger partial charge in [-0.1, -0.05) is 230 Å². The number of rotatable bonds is 16. The van der Waals surface area contributed by atoms with Crippen LogP contribution >= 0.6 is 46.5 Å². The van der Waals surface area contributed by atoms with Crippen LogP contribution in [0.3, 0.4) is 0 Å². The summed E-state index contributed by atoms with van der Waals surface area (Å²) in [5.41, 5.74) is -7.81. The molecule has 0 spiro atoms. The van der Waals surface area contributed by atoms with Crippen molar-refractivity contribution in [1.82, 2.24) is 30.4 Å². The molecule has 12 aromatic rings. The number of alkyl halides is 6. The second kappa shape index (κ2) is 37.6. The summed E-state index contributed by atoms with van der Waals surface area (Å²) in [5.74, 6) is -1.08. The number of aliphatic hydroxyl groups excluding tert-OH is 2. The van der Waals surface area contributed by atoms with E-state index in [1.807, 2.05) is 24.3 Å². The van der Waals surface area contributed by atoms with Crippen molar-refractivity contribution in [3.63, 3.8) is 0 Å². The van der Waals surface area contributed by atoms with Gasteiger partial charge in [-0.3, -0.25) is 19.4 Å². The number of hydrogen-bond acceptors (Lipinski definition) is 14. The molecule has 550 valence electrons. The third-order valence-corrected chi connectivity index (χ3v) is 23.3. The number of hydrogen-bond donors (Lipinski definition) is 4. The Kier molecular flexibility index (Phi) is 28.3. The van der Waals surface area contributed by atoms with E-state index in [0.717, 1.165) is 11.4 Å². The maximum Gasteiger partial charge on any atom is -0.0134 e. The number of nitrogens with zero attached hydrogens (tertiary/aromatic N) is 6. The molecule has 30 heteroatoms. The van der Waals surface area contributed by atoms with Crippen LogP contribution in [-0.4, -0.2) is 81.6 Å². The maximum absolute atomic E-state index is 12.8. The van der Waals surface area contributed by atoms with Crippen LogP contribution in [0, 0.1) is 11.8 Å². The van der Waals surface area contributed by atoms with Gasteiger partial charge < -0.3 is 19.7 Å². The van der Waals surface area contributed by atoms with Gasteiger partial charge in [0.15, 0.2) is 16.8 Å². The molecule has 0 saturated carbocycles. The van der Waals surface area contributed by atoms with E-state index in [-0.39, 0.29) is 62.8 Å². The SMILES string of the molecule is O=S(=O)(Nc1nnc(Cl)cc1-c1ccc2c(c1)OC[C@H](Cc1ccccn1)[C@H]2O)C(F)(F)F.O=S(=O)(Nc1nnccc1-c1ccc2c(c1)OCC(Cc1ccccn1)C2O)C(F)(F)F.[Cl][Pd][Cl].c1ccc(P(c2ccccc2)c2ccccc2)cc1.c1ccc(P(c2ccccc2)c2ccccc2)cc1. The molecule has 0 amide bonds. The predicted molar refractivity (Wildman–Crippen MR) is 403 cm³/mol. The average Bonchev–Trinajstić information content (AvgIpc) is 0.783. The molecule has 0 radical (unpaired) electrons. The van der Waals surface area contributed by atoms with Crippen molar-refractivity contribution in [2.24, 2.45) is 11.8 Å². The van der Waals surface area contributed by atoms with E-state index in [9.17, 15) is 53.4 Å². The van der Waals surface area contributed by atoms with E-state index in [2.05, 4.69) is 212 Å². The fourth-order valence-corrected chi connectivity index (χ4v) is 17.0. The number of anilines is 2. The molecule has 4 N–H and O–H groups in total. The van der Waals surface area contributed by atoms with Crippen LogP contribution in [0.25, 0.3) is 22.3 Å². The Morgan fingerprint density at radius 2 is 0.764 bits per heavy atom. The number of halogens is 9. The fraction of sp³-hybridized carbons (Fsp3) is 0.132. The number of fused-ring (bicyclic) bond motifs is 2. The summed E-state index contributed by atoms with van der Waals surface area (Å²) in [5, 5.41) is 43.7. The normalized spacial score (nSPS) is 15.3. The third kappa shape index (κ3) is 21.3. The second-order valence-electron chi connectivity index (χ2n) is 23.1. The Balaban J connectivity index is 0.000000154. The molecule has 2 aliphatic heterocycles. The first-order valence-electron chi connectivity index (χ1n) is 32.0. The molecule has 14 rings (SSSR count). The molecule has 106 heavy (non-hydrogen) atoms. The zero-order valence-electron chi connectivity index (χ0n) is 55.2. The summed E-state index contributed by atoms with van der Waals surface area (Å²) in [4.78, 5) is 8.51. The summed E-state index contributed by atoms with van der Waals surface area (Å²) in [6.45, 7) is 0.382. The molecule has 2 aliphatic rings. The van der Waals surface area contributed by atoms with Crippen LogP contribution in [0.1, 0.15) is 34.7 Å². The zero-order valence-corrected chi connectivity index (χ0v) is 62.5. The Morgan fingerprint density at radius 3 is 1.09 bits per heavy atom. The van der Waals surface area contributed by atoms with Gasteiger partial charge >= 0.3 is 66.1 Å². The van der Waals surface area contributed by atoms with Crippen LogP contribution in [0.2, 0.25) is 5.15 Å². The summed E-state index contributed by atoms with van der Waals surface area (Å²) in [7, 11) is -2.67. The molecule has 0 aliphatic carbocycles. The molecule has 2 unspecified atom stereocenters. The molecule has 16 nitrogen and oxygen atoms in total. The van der Waals surface area contributed by atoms with Gasteiger partial charge in [-0.2, -0.15) is 48.3 Å². The Labute approximate surface area is 632 Å². The number of aliphatic hydroxyl groups is 2. The zero-order chi connectivity index (χ0) is 75.3. The quantitative estimate of drug-likeness (QED) is 0.0401. The van der Waals surface area contributed by atoms with Crippen molar-refractivity contribution >= 4 is 110 Å². The number of sulfonamides is 2. The van der Waals surface area contributed by atoms with Gasteiger partial charge in [0, 0.05) is 57.9 Å². The third-order valence-electron chi connectivity index (χ3n) is 16.1. The number of pyridine rings is 2. The monoisotopic (exact) mass is 1670 g/mol. The first-order chi connectivity index (χ1) is 51.0. The topological polar surface area (TPSA) is 229 Å². The predicted octanol–water partition coefficient (Wildman–Crippen LogP) is 15.1. The standard InChI is InChI=1S/C20H16ClF3N4O4S.C20H17F3N4O4S.2C18H15P.2ClH.Pd/c21-17-9-15(19(27-26-17)28-33(30,31)20(22,23)24)11-4-5-14-16(8-11)32-10-12(18(14)29)7-13-3-1-2-6-25-13;21-20(22,23)32(29,30)27-19-15(6-8-25-26-19)12-4-5-16-17(10-12)31-11-13(18(16)28)9-14-3-1-2-7-24-14;2*1-4-10-16(11-5-1)19(17-12-6-2-7-13-17)18-14-8-3-9-15-18;;;/h1-6,8-9,12,18,29H,7,10H2,(H,27,28);1-8,10,13,18,28H,9,11H2,(H,26,27);2*1-15H;2*1H;/q;;;;;;+2/p-2/t12-,18+;;;;;;/m0....../s1. The van der Waals surface area contributed by atoms with Crippen molar-refractivity contribution in [1.29, 1.82) is 0 Å². The second-order valence-corrected chi connectivity index (χ2v) is 33.7. The summed E-state index contributed by atoms with van der Waals surface area (Å²) < 4.78 is 137. The first-order valence-corrected chi connectivity index (χ1v) is 42.0. The number of benzene rings is 8. The Hall–Kier alpha value is -8.79. The average molecular weight is 1670 g/mol. The molecule has 4 atom stereocenters. The molecule has 0 bridgehead atoms. The van der Waals surface area contributed by atoms with E-state index in [1.54, 1.807) is 36.7 Å². The largest absolute Gasteiger partial charge is 0.0622 e. The summed E-state index contributed by atoms with van der Waals surface area (Å²) >= 11 is 5.73. The fourth-order valence-electron chi connectivity index (χ4n) is 11.2. The molecular weight excluding hydrogens is 1610 g/mol. The maximum atomic E-state index is 12.8. The number of aromatic nitrogens is 6. The molecule has 0 saturated heterocycles. The van der Waals surface area contributed by atoms with E-state index in [0.29, 0.717) is 41.0 Å². The van der Waals surface area contributed by atoms with Crippen molar-refractivity contribution in [2.75, 3.05) is 22.7 Å². The van der Waals surface area contributed by atoms with Gasteiger partial charge in [0.05, 0.1) is 31.6 Å². The molecule has 6 heterocycles. The van der Waals surface area contributed by atoms with Crippen molar-refractivity contribution in [2.45, 2.75) is 36.1 Å². The van der Waals surface area contributed by atoms with Crippen molar-refractivity contribution < 1.29 is 78.8 Å². The van der Waals surface area contributed by atoms with E-state index in [1.165, 1.54) is 83.9 Å². The minimum atomic E-state index is -5.73. The Morgan fingerprint density at radius 1 is 0.434 bits per heavy atom. The van der Waals surface area contributed by atoms with Gasteiger partial charge in [-0.25, -0.2) is 0 Å². The first kappa shape index (κ1) is 79.8. The van der Waals surface area contributed by atoms with Crippen molar-refractivity contribution in [3.8, 4) is 33.8 Å². The van der Waals surface area contributed by atoms with E-state index < -0.39 is 70.8 Å². The van der Waals surface area contributed by atoms with Crippen LogP contribution in [0.15, 0.2) is 286 Å². The van der Waals surface area contributed by atoms with Gasteiger partial charge in [-0.05, 0) is 120 Å². The minimum Gasteiger partial charge on any atom is -0.0622 e. The van der Waals surface area contributed by atoms with Gasteiger partial charge in [-0.15, -0.1) is 15.3 Å². The minimum absolute atomic E-state index is 0.0423. The van der Waals surface area contributed by atoms with E-state index in [4.69, 9.17) is 40.1 Å². The van der Waals surface area contributed by atoms with Crippen LogP contribution in [-0.2, 0) is 48.8 Å². The summed E-state index contributed by atoms with van der Waals surface area (Å²) in [6.07, 6.45) is 3.82. The molecule has 0 fully saturated rings. The molecule has 4 aromatic heterocycles.